The van der Waals surface area contributed by atoms with Gasteiger partial charge in [-0.15, -0.1) is 0 Å². The number of aliphatic hydroxyl groups is 2. The molecule has 2 rings (SSSR count). The van der Waals surface area contributed by atoms with E-state index < -0.39 is 41.5 Å². The Labute approximate surface area is 129 Å². The van der Waals surface area contributed by atoms with Crippen molar-refractivity contribution in [2.24, 2.45) is 5.41 Å². The quantitative estimate of drug-likeness (QED) is 0.818. The second-order valence-electron chi connectivity index (χ2n) is 7.66. The van der Waals surface area contributed by atoms with Crippen molar-refractivity contribution in [1.29, 1.82) is 0 Å². The van der Waals surface area contributed by atoms with Gasteiger partial charge in [-0.25, -0.2) is 13.6 Å². The Kier molecular flexibility index (Phi) is 4.19. The van der Waals surface area contributed by atoms with Crippen LogP contribution in [-0.2, 0) is 4.74 Å². The third-order valence-corrected chi connectivity index (χ3v) is 4.74. The number of carbonyl (C=O) groups is 1. The van der Waals surface area contributed by atoms with Crippen LogP contribution in [0.5, 0.6) is 0 Å². The Balaban J connectivity index is 2.01. The highest BCUT2D eigenvalue weighted by molar-refractivity contribution is 5.69. The molecule has 0 atom stereocenters. The number of hydrogen-bond donors (Lipinski definition) is 2. The molecular weight excluding hydrogens is 296 g/mol. The molecule has 128 valence electrons. The molecule has 1 heterocycles. The fraction of sp³-hybridized carbons (Fsp3) is 0.933. The molecule has 0 aromatic rings. The van der Waals surface area contributed by atoms with Crippen molar-refractivity contribution in [3.05, 3.63) is 0 Å². The van der Waals surface area contributed by atoms with E-state index in [1.54, 1.807) is 20.8 Å². The summed E-state index contributed by atoms with van der Waals surface area (Å²) in [5.74, 6) is -2.75. The van der Waals surface area contributed by atoms with E-state index in [0.717, 1.165) is 0 Å². The summed E-state index contributed by atoms with van der Waals surface area (Å²) >= 11 is 0. The monoisotopic (exact) mass is 321 g/mol. The SMILES string of the molecule is CC(C)(C)OC(=O)N1CC(CO)(C2(O)CCC(F)(F)CC2)C1. The number of rotatable bonds is 2. The molecule has 0 bridgehead atoms. The molecule has 1 saturated heterocycles. The third kappa shape index (κ3) is 3.20. The molecule has 1 amide bonds. The average molecular weight is 321 g/mol. The summed E-state index contributed by atoms with van der Waals surface area (Å²) in [5.41, 5.74) is -2.92. The minimum atomic E-state index is -2.75. The highest BCUT2D eigenvalue weighted by atomic mass is 19.3. The molecule has 1 saturated carbocycles. The molecule has 5 nitrogen and oxygen atoms in total. The van der Waals surface area contributed by atoms with Crippen molar-refractivity contribution < 1.29 is 28.5 Å². The lowest BCUT2D eigenvalue weighted by molar-refractivity contribution is -0.212. The van der Waals surface area contributed by atoms with E-state index >= 15 is 0 Å². The maximum Gasteiger partial charge on any atom is 0.410 e. The number of nitrogens with zero attached hydrogens (tertiary/aromatic N) is 1. The molecule has 0 spiro atoms. The largest absolute Gasteiger partial charge is 0.444 e. The van der Waals surface area contributed by atoms with Crippen molar-refractivity contribution in [2.45, 2.75) is 63.6 Å². The molecule has 2 fully saturated rings. The summed E-state index contributed by atoms with van der Waals surface area (Å²) < 4.78 is 31.8. The number of halogens is 2. The van der Waals surface area contributed by atoms with Gasteiger partial charge in [0.25, 0.3) is 0 Å². The van der Waals surface area contributed by atoms with E-state index in [2.05, 4.69) is 0 Å². The Morgan fingerprint density at radius 2 is 1.68 bits per heavy atom. The van der Waals surface area contributed by atoms with E-state index in [1.807, 2.05) is 0 Å². The zero-order chi connectivity index (χ0) is 16.8. The first-order chi connectivity index (χ1) is 9.92. The van der Waals surface area contributed by atoms with Crippen LogP contribution in [0.1, 0.15) is 46.5 Å². The summed E-state index contributed by atoms with van der Waals surface area (Å²) in [5, 5.41) is 20.4. The number of likely N-dealkylation sites (tertiary alicyclic amines) is 1. The molecule has 2 aliphatic rings. The normalized spacial score (nSPS) is 26.2. The lowest BCUT2D eigenvalue weighted by Crippen LogP contribution is -2.71. The smallest absolute Gasteiger partial charge is 0.410 e. The molecule has 7 heteroatoms. The fourth-order valence-corrected chi connectivity index (χ4v) is 3.24. The zero-order valence-electron chi connectivity index (χ0n) is 13.4. The van der Waals surface area contributed by atoms with E-state index in [4.69, 9.17) is 4.74 Å². The van der Waals surface area contributed by atoms with Gasteiger partial charge in [0.15, 0.2) is 0 Å². The van der Waals surface area contributed by atoms with Crippen LogP contribution in [0.4, 0.5) is 13.6 Å². The summed E-state index contributed by atoms with van der Waals surface area (Å²) in [7, 11) is 0. The van der Waals surface area contributed by atoms with Gasteiger partial charge in [0.05, 0.1) is 17.6 Å². The summed E-state index contributed by atoms with van der Waals surface area (Å²) in [6.07, 6.45) is -1.43. The highest BCUT2D eigenvalue weighted by Gasteiger charge is 2.61. The molecule has 0 radical (unpaired) electrons. The van der Waals surface area contributed by atoms with Gasteiger partial charge in [0.2, 0.25) is 5.92 Å². The summed E-state index contributed by atoms with van der Waals surface area (Å²) in [6, 6.07) is 0. The topological polar surface area (TPSA) is 70.0 Å². The fourth-order valence-electron chi connectivity index (χ4n) is 3.24. The second-order valence-corrected chi connectivity index (χ2v) is 7.66. The number of carbonyl (C=O) groups excluding carboxylic acids is 1. The van der Waals surface area contributed by atoms with Gasteiger partial charge in [-0.3, -0.25) is 0 Å². The van der Waals surface area contributed by atoms with Crippen molar-refractivity contribution in [2.75, 3.05) is 19.7 Å². The van der Waals surface area contributed by atoms with Crippen molar-refractivity contribution >= 4 is 6.09 Å². The van der Waals surface area contributed by atoms with Gasteiger partial charge in [-0.05, 0) is 33.6 Å². The van der Waals surface area contributed by atoms with Crippen LogP contribution < -0.4 is 0 Å². The standard InChI is InChI=1S/C15H25F2NO4/c1-12(2,3)22-11(20)18-8-13(9-18,10-19)14(21)4-6-15(16,17)7-5-14/h19,21H,4-10H2,1-3H3. The summed E-state index contributed by atoms with van der Waals surface area (Å²) in [6.45, 7) is 5.16. The van der Waals surface area contributed by atoms with Crippen LogP contribution in [0.15, 0.2) is 0 Å². The predicted octanol–water partition coefficient (Wildman–Crippen LogP) is 2.16. The van der Waals surface area contributed by atoms with Crippen molar-refractivity contribution in [3.8, 4) is 0 Å². The number of hydrogen-bond acceptors (Lipinski definition) is 4. The second kappa shape index (κ2) is 5.30. The maximum atomic E-state index is 13.3. The Morgan fingerprint density at radius 1 is 1.18 bits per heavy atom. The van der Waals surface area contributed by atoms with Crippen molar-refractivity contribution in [3.63, 3.8) is 0 Å². The third-order valence-electron chi connectivity index (χ3n) is 4.74. The number of amides is 1. The van der Waals surface area contributed by atoms with Gasteiger partial charge in [0.1, 0.15) is 5.60 Å². The van der Waals surface area contributed by atoms with Crippen LogP contribution in [0.2, 0.25) is 0 Å². The van der Waals surface area contributed by atoms with E-state index in [0.29, 0.717) is 0 Å². The lowest BCUT2D eigenvalue weighted by atomic mass is 9.61. The lowest BCUT2D eigenvalue weighted by Gasteiger charge is -2.58. The minimum absolute atomic E-state index is 0.0667. The van der Waals surface area contributed by atoms with E-state index in [9.17, 15) is 23.8 Å². The number of ether oxygens (including phenoxy) is 1. The van der Waals surface area contributed by atoms with Gasteiger partial charge in [-0.2, -0.15) is 0 Å². The van der Waals surface area contributed by atoms with Crippen LogP contribution in [0.3, 0.4) is 0 Å². The Bertz CT molecular complexity index is 431. The Hall–Kier alpha value is -0.950. The van der Waals surface area contributed by atoms with Gasteiger partial charge in [-0.1, -0.05) is 0 Å². The molecule has 0 aromatic heterocycles. The summed E-state index contributed by atoms with van der Waals surface area (Å²) in [4.78, 5) is 13.4. The highest BCUT2D eigenvalue weighted by Crippen LogP contribution is 2.51. The van der Waals surface area contributed by atoms with Gasteiger partial charge in [0, 0.05) is 25.9 Å². The number of alkyl halides is 2. The molecular formula is C15H25F2NO4. The van der Waals surface area contributed by atoms with Crippen molar-refractivity contribution in [1.82, 2.24) is 4.90 Å². The van der Waals surface area contributed by atoms with Crippen LogP contribution in [0, 0.1) is 5.41 Å². The van der Waals surface area contributed by atoms with Crippen LogP contribution >= 0.6 is 0 Å². The zero-order valence-corrected chi connectivity index (χ0v) is 13.4. The minimum Gasteiger partial charge on any atom is -0.444 e. The predicted molar refractivity (Wildman–Crippen MR) is 75.7 cm³/mol. The molecule has 0 unspecified atom stereocenters. The maximum absolute atomic E-state index is 13.3. The molecule has 0 aromatic carbocycles. The Morgan fingerprint density at radius 3 is 2.09 bits per heavy atom. The molecule has 1 aliphatic carbocycles. The first-order valence-corrected chi connectivity index (χ1v) is 7.61. The van der Waals surface area contributed by atoms with Gasteiger partial charge >= 0.3 is 6.09 Å². The van der Waals surface area contributed by atoms with E-state index in [1.165, 1.54) is 4.90 Å². The first-order valence-electron chi connectivity index (χ1n) is 7.61. The average Bonchev–Trinajstić information content (AvgIpc) is 2.30. The number of aliphatic hydroxyl groups excluding tert-OH is 1. The van der Waals surface area contributed by atoms with Gasteiger partial charge < -0.3 is 19.8 Å². The molecule has 22 heavy (non-hydrogen) atoms. The molecule has 2 N–H and O–H groups in total. The van der Waals surface area contributed by atoms with E-state index in [-0.39, 0.29) is 32.5 Å². The molecule has 1 aliphatic heterocycles. The van der Waals surface area contributed by atoms with Crippen LogP contribution in [-0.4, -0.2) is 58.0 Å². The van der Waals surface area contributed by atoms with Crippen LogP contribution in [0.25, 0.3) is 0 Å². The first kappa shape index (κ1) is 17.4.